The monoisotopic (exact) mass is 1010 g/mol. The number of hydrogen-bond acceptors (Lipinski definition) is 14. The molecule has 71 heavy (non-hydrogen) atoms. The smallest absolute Gasteiger partial charge is 0.306 e. The van der Waals surface area contributed by atoms with Crippen molar-refractivity contribution in [2.24, 2.45) is 0 Å². The van der Waals surface area contributed by atoms with E-state index >= 15 is 0 Å². The van der Waals surface area contributed by atoms with Gasteiger partial charge in [0.15, 0.2) is 12.6 Å². The van der Waals surface area contributed by atoms with Crippen LogP contribution < -0.4 is 0 Å². The molecule has 0 aromatic rings. The number of aliphatic hydroxyl groups is 7. The third-order valence-corrected chi connectivity index (χ3v) is 13.9. The fourth-order valence-corrected chi connectivity index (χ4v) is 9.20. The molecule has 2 aliphatic rings. The van der Waals surface area contributed by atoms with Crippen LogP contribution >= 0.6 is 0 Å². The Bertz CT molecular complexity index is 1270. The minimum Gasteiger partial charge on any atom is -0.457 e. The molecule has 2 saturated heterocycles. The standard InChI is InChI=1S/C57H106O14/c1-3-5-7-9-11-13-15-17-18-19-20-21-22-23-24-25-26-27-28-29-30-32-34-36-38-40-49(59)69-46(43-66-41-39-37-35-33-31-16-14-12-10-8-6-4-2)44-67-56-55(65)53(63)51(61)48(71-56)45-68-57-54(64)52(62)50(60)47(42-58)70-57/h10,12,19-20,46-48,50-58,60-65H,3-9,11,13-18,21-45H2,1-2H3/b12-10-,20-19-. The van der Waals surface area contributed by atoms with Gasteiger partial charge >= 0.3 is 5.97 Å². The van der Waals surface area contributed by atoms with E-state index in [9.17, 15) is 40.5 Å². The number of aliphatic hydroxyl groups excluding tert-OH is 7. The number of ether oxygens (including phenoxy) is 6. The van der Waals surface area contributed by atoms with Crippen LogP contribution in [0.3, 0.4) is 0 Å². The molecule has 11 atom stereocenters. The van der Waals surface area contributed by atoms with Crippen LogP contribution in [0.1, 0.15) is 232 Å². The number of esters is 1. The highest BCUT2D eigenvalue weighted by molar-refractivity contribution is 5.69. The van der Waals surface area contributed by atoms with Crippen LogP contribution in [0.4, 0.5) is 0 Å². The van der Waals surface area contributed by atoms with Gasteiger partial charge in [-0.25, -0.2) is 0 Å². The molecule has 0 spiro atoms. The summed E-state index contributed by atoms with van der Waals surface area (Å²) in [7, 11) is 0. The summed E-state index contributed by atoms with van der Waals surface area (Å²) in [5.74, 6) is -0.376. The zero-order valence-electron chi connectivity index (χ0n) is 44.7. The van der Waals surface area contributed by atoms with E-state index in [1.54, 1.807) is 0 Å². The lowest BCUT2D eigenvalue weighted by Crippen LogP contribution is -2.61. The summed E-state index contributed by atoms with van der Waals surface area (Å²) in [6, 6.07) is 0. The Morgan fingerprint density at radius 1 is 0.451 bits per heavy atom. The van der Waals surface area contributed by atoms with Gasteiger partial charge in [-0.15, -0.1) is 0 Å². The van der Waals surface area contributed by atoms with Gasteiger partial charge < -0.3 is 64.2 Å². The van der Waals surface area contributed by atoms with Crippen LogP contribution in [0.15, 0.2) is 24.3 Å². The van der Waals surface area contributed by atoms with E-state index in [-0.39, 0.29) is 25.6 Å². The molecule has 2 aliphatic heterocycles. The van der Waals surface area contributed by atoms with Gasteiger partial charge in [0.25, 0.3) is 0 Å². The summed E-state index contributed by atoms with van der Waals surface area (Å²) >= 11 is 0. The van der Waals surface area contributed by atoms with Gasteiger partial charge in [-0.1, -0.05) is 192 Å². The van der Waals surface area contributed by atoms with Crippen LogP contribution in [0.2, 0.25) is 0 Å². The molecular formula is C57H106O14. The van der Waals surface area contributed by atoms with Crippen molar-refractivity contribution in [3.8, 4) is 0 Å². The van der Waals surface area contributed by atoms with E-state index in [0.717, 1.165) is 51.4 Å². The zero-order valence-corrected chi connectivity index (χ0v) is 44.7. The molecule has 2 heterocycles. The van der Waals surface area contributed by atoms with Crippen LogP contribution in [-0.2, 0) is 33.2 Å². The Morgan fingerprint density at radius 2 is 0.845 bits per heavy atom. The van der Waals surface area contributed by atoms with Crippen molar-refractivity contribution in [3.63, 3.8) is 0 Å². The predicted octanol–water partition coefficient (Wildman–Crippen LogP) is 9.97. The highest BCUT2D eigenvalue weighted by Gasteiger charge is 2.47. The Labute approximate surface area is 430 Å². The number of hydrogen-bond donors (Lipinski definition) is 7. The number of carbonyl (C=O) groups is 1. The molecule has 2 rings (SSSR count). The maximum absolute atomic E-state index is 13.1. The van der Waals surface area contributed by atoms with Gasteiger partial charge in [0.05, 0.1) is 26.4 Å². The van der Waals surface area contributed by atoms with E-state index in [1.165, 1.54) is 154 Å². The molecule has 0 saturated carbocycles. The summed E-state index contributed by atoms with van der Waals surface area (Å²) in [5.41, 5.74) is 0. The molecule has 7 N–H and O–H groups in total. The Balaban J connectivity index is 1.67. The first-order chi connectivity index (χ1) is 34.6. The fourth-order valence-electron chi connectivity index (χ4n) is 9.20. The van der Waals surface area contributed by atoms with Gasteiger partial charge in [-0.05, 0) is 57.8 Å². The molecule has 2 fully saturated rings. The number of unbranched alkanes of at least 4 members (excludes halogenated alkanes) is 29. The second-order valence-electron chi connectivity index (χ2n) is 20.5. The van der Waals surface area contributed by atoms with Crippen molar-refractivity contribution in [2.45, 2.75) is 300 Å². The van der Waals surface area contributed by atoms with Crippen molar-refractivity contribution in [3.05, 3.63) is 24.3 Å². The van der Waals surface area contributed by atoms with Gasteiger partial charge in [0.1, 0.15) is 54.9 Å². The quantitative estimate of drug-likeness (QED) is 0.0172. The zero-order chi connectivity index (χ0) is 51.6. The first-order valence-corrected chi connectivity index (χ1v) is 28.9. The Kier molecular flexibility index (Phi) is 41.3. The van der Waals surface area contributed by atoms with E-state index < -0.39 is 80.7 Å². The van der Waals surface area contributed by atoms with Crippen molar-refractivity contribution >= 4 is 5.97 Å². The fraction of sp³-hybridized carbons (Fsp3) is 0.912. The van der Waals surface area contributed by atoms with Crippen LogP contribution in [0.25, 0.3) is 0 Å². The molecule has 0 amide bonds. The van der Waals surface area contributed by atoms with Crippen LogP contribution in [-0.4, -0.2) is 142 Å². The topological polar surface area (TPSA) is 214 Å². The second-order valence-corrected chi connectivity index (χ2v) is 20.5. The SMILES string of the molecule is CCCC/C=C\CCCCCCCCOCC(COC1OC(COC2OC(CO)C(O)C(O)C2O)C(O)C(O)C1O)OC(=O)CCCCCCCCCCCCCCC/C=C\CCCCCCCCCC. The number of carbonyl (C=O) groups excluding carboxylic acids is 1. The van der Waals surface area contributed by atoms with Gasteiger partial charge in [-0.3, -0.25) is 4.79 Å². The third-order valence-electron chi connectivity index (χ3n) is 13.9. The van der Waals surface area contributed by atoms with Gasteiger partial charge in [0, 0.05) is 13.0 Å². The normalized spacial score (nSPS) is 25.4. The van der Waals surface area contributed by atoms with Gasteiger partial charge in [0.2, 0.25) is 0 Å². The van der Waals surface area contributed by atoms with Crippen molar-refractivity contribution < 1.29 is 69.0 Å². The third kappa shape index (κ3) is 31.8. The lowest BCUT2D eigenvalue weighted by molar-refractivity contribution is -0.332. The minimum atomic E-state index is -1.71. The molecule has 14 nitrogen and oxygen atoms in total. The number of allylic oxidation sites excluding steroid dienone is 4. The largest absolute Gasteiger partial charge is 0.457 e. The van der Waals surface area contributed by atoms with E-state index in [0.29, 0.717) is 13.0 Å². The highest BCUT2D eigenvalue weighted by atomic mass is 16.7. The molecule has 0 aromatic heterocycles. The summed E-state index contributed by atoms with van der Waals surface area (Å²) in [5, 5.41) is 72.2. The Morgan fingerprint density at radius 3 is 1.32 bits per heavy atom. The molecule has 14 heteroatoms. The van der Waals surface area contributed by atoms with Crippen molar-refractivity contribution in [2.75, 3.05) is 33.0 Å². The average Bonchev–Trinajstić information content (AvgIpc) is 3.37. The predicted molar refractivity (Wildman–Crippen MR) is 280 cm³/mol. The molecule has 0 aliphatic carbocycles. The van der Waals surface area contributed by atoms with E-state index in [2.05, 4.69) is 38.2 Å². The number of rotatable bonds is 47. The van der Waals surface area contributed by atoms with Crippen LogP contribution in [0.5, 0.6) is 0 Å². The molecule has 0 aromatic carbocycles. The molecule has 11 unspecified atom stereocenters. The van der Waals surface area contributed by atoms with E-state index in [4.69, 9.17) is 28.4 Å². The minimum absolute atomic E-state index is 0.0603. The summed E-state index contributed by atoms with van der Waals surface area (Å²) in [6.07, 6.45) is 33.9. The highest BCUT2D eigenvalue weighted by Crippen LogP contribution is 2.27. The van der Waals surface area contributed by atoms with Gasteiger partial charge in [-0.2, -0.15) is 0 Å². The molecular weight excluding hydrogens is 909 g/mol. The van der Waals surface area contributed by atoms with Crippen molar-refractivity contribution in [1.82, 2.24) is 0 Å². The van der Waals surface area contributed by atoms with Crippen molar-refractivity contribution in [1.29, 1.82) is 0 Å². The molecule has 0 radical (unpaired) electrons. The lowest BCUT2D eigenvalue weighted by atomic mass is 9.98. The Hall–Kier alpha value is -1.53. The maximum Gasteiger partial charge on any atom is 0.306 e. The molecule has 0 bridgehead atoms. The first kappa shape index (κ1) is 65.6. The molecule has 418 valence electrons. The average molecular weight is 1020 g/mol. The lowest BCUT2D eigenvalue weighted by Gasteiger charge is -2.42. The second kappa shape index (κ2) is 44.7. The van der Waals surface area contributed by atoms with Crippen LogP contribution in [0, 0.1) is 0 Å². The summed E-state index contributed by atoms with van der Waals surface area (Å²) in [6.45, 7) is 3.67. The maximum atomic E-state index is 13.1. The first-order valence-electron chi connectivity index (χ1n) is 28.9. The summed E-state index contributed by atoms with van der Waals surface area (Å²) in [4.78, 5) is 13.1. The van der Waals surface area contributed by atoms with E-state index in [1.807, 2.05) is 0 Å². The summed E-state index contributed by atoms with van der Waals surface area (Å²) < 4.78 is 34.3.